The molecule has 3 aliphatic rings. The van der Waals surface area contributed by atoms with Crippen molar-refractivity contribution in [2.45, 2.75) is 19.2 Å². The van der Waals surface area contributed by atoms with Crippen LogP contribution < -0.4 is 0 Å². The Hall–Kier alpha value is -2.54. The summed E-state index contributed by atoms with van der Waals surface area (Å²) in [6.07, 6.45) is -1.52. The van der Waals surface area contributed by atoms with Gasteiger partial charge in [-0.3, -0.25) is 0 Å². The summed E-state index contributed by atoms with van der Waals surface area (Å²) in [4.78, 5) is 0. The number of hydrogen-bond donors (Lipinski definition) is 1. The zero-order chi connectivity index (χ0) is 16.8. The number of rotatable bonds is 0. The minimum atomic E-state index is -0.601. The Balaban J connectivity index is 1.97. The van der Waals surface area contributed by atoms with E-state index in [1.165, 1.54) is 0 Å². The highest BCUT2D eigenvalue weighted by Crippen LogP contribution is 2.54. The lowest BCUT2D eigenvalue weighted by molar-refractivity contribution is 0.470. The smallest absolute Gasteiger partial charge is 0.120 e. The Labute approximate surface area is 131 Å². The normalized spacial score (nSPS) is 27.8. The first kappa shape index (κ1) is 8.19. The van der Waals surface area contributed by atoms with Crippen LogP contribution in [0.15, 0.2) is 30.3 Å². The van der Waals surface area contributed by atoms with Gasteiger partial charge in [-0.05, 0) is 79.0 Å². The second-order valence-corrected chi connectivity index (χ2v) is 6.57. The first-order chi connectivity index (χ1) is 12.1. The van der Waals surface area contributed by atoms with Gasteiger partial charge in [0, 0.05) is 16.1 Å². The fourth-order valence-corrected chi connectivity index (χ4v) is 4.81. The fourth-order valence-electron chi connectivity index (χ4n) is 4.81. The Morgan fingerprint density at radius 3 is 1.73 bits per heavy atom. The summed E-state index contributed by atoms with van der Waals surface area (Å²) in [5, 5.41) is 16.9. The molecule has 3 atom stereocenters. The number of phenols is 1. The van der Waals surface area contributed by atoms with Crippen LogP contribution in [0.3, 0.4) is 0 Å². The SMILES string of the molecule is [2H]C1c2ccc3c4c2c2c1ccc1c2c2c(c(O)cc(c42)C3[2H])C1[2H]. The second-order valence-electron chi connectivity index (χ2n) is 6.57. The van der Waals surface area contributed by atoms with Gasteiger partial charge < -0.3 is 5.11 Å². The molecule has 102 valence electrons. The van der Waals surface area contributed by atoms with Gasteiger partial charge in [-0.2, -0.15) is 0 Å². The molecule has 3 unspecified atom stereocenters. The predicted molar refractivity (Wildman–Crippen MR) is 89.0 cm³/mol. The van der Waals surface area contributed by atoms with E-state index in [0.717, 1.165) is 60.1 Å². The predicted octanol–water partition coefficient (Wildman–Crippen LogP) is 4.56. The van der Waals surface area contributed by atoms with Crippen molar-refractivity contribution in [3.8, 4) is 5.75 Å². The lowest BCUT2D eigenvalue weighted by Gasteiger charge is -2.09. The molecule has 0 saturated heterocycles. The lowest BCUT2D eigenvalue weighted by atomic mass is 9.94. The van der Waals surface area contributed by atoms with E-state index in [9.17, 15) is 5.11 Å². The maximum Gasteiger partial charge on any atom is 0.120 e. The molecule has 0 fully saturated rings. The summed E-state index contributed by atoms with van der Waals surface area (Å²) in [5.41, 5.74) is 5.39. The summed E-state index contributed by atoms with van der Waals surface area (Å²) in [6, 6.07) is 9.64. The molecule has 0 heterocycles. The van der Waals surface area contributed by atoms with Crippen LogP contribution in [-0.2, 0) is 19.2 Å². The third kappa shape index (κ3) is 0.831. The van der Waals surface area contributed by atoms with Gasteiger partial charge in [-0.1, -0.05) is 24.3 Å². The summed E-state index contributed by atoms with van der Waals surface area (Å²) in [6.45, 7) is 0. The van der Waals surface area contributed by atoms with Crippen molar-refractivity contribution in [1.29, 1.82) is 0 Å². The molecule has 1 heteroatoms. The average Bonchev–Trinajstić information content (AvgIpc) is 3.18. The molecule has 1 nitrogen and oxygen atoms in total. The highest BCUT2D eigenvalue weighted by molar-refractivity contribution is 6.33. The molecule has 0 radical (unpaired) electrons. The standard InChI is InChI=1S/C21H12O/c22-15-8-13-6-11-2-1-9-5-10-3-4-12-7-14(15)21-19(12)17(10)16(9)18(11)20(13)21/h1-4,8,22H,5-7H2/i5D,6D,7D. The van der Waals surface area contributed by atoms with Crippen molar-refractivity contribution in [3.63, 3.8) is 0 Å². The Kier molecular flexibility index (Phi) is 1.06. The highest BCUT2D eigenvalue weighted by atomic mass is 16.3. The van der Waals surface area contributed by atoms with Crippen LogP contribution in [0.25, 0.3) is 32.3 Å². The number of benzene rings is 4. The van der Waals surface area contributed by atoms with Gasteiger partial charge in [0.2, 0.25) is 0 Å². The van der Waals surface area contributed by atoms with Gasteiger partial charge in [-0.25, -0.2) is 0 Å². The van der Waals surface area contributed by atoms with E-state index in [1.807, 2.05) is 24.3 Å². The molecule has 0 aromatic heterocycles. The van der Waals surface area contributed by atoms with Crippen molar-refractivity contribution in [1.82, 2.24) is 0 Å². The third-order valence-corrected chi connectivity index (χ3v) is 5.59. The summed E-state index contributed by atoms with van der Waals surface area (Å²) in [5.74, 6) is 0.132. The molecule has 7 rings (SSSR count). The van der Waals surface area contributed by atoms with Crippen LogP contribution in [0.5, 0.6) is 5.75 Å². The molecule has 0 amide bonds. The second kappa shape index (κ2) is 2.85. The van der Waals surface area contributed by atoms with E-state index in [2.05, 4.69) is 0 Å². The van der Waals surface area contributed by atoms with Gasteiger partial charge in [0.15, 0.2) is 0 Å². The molecule has 0 spiro atoms. The van der Waals surface area contributed by atoms with Crippen LogP contribution in [0, 0.1) is 0 Å². The third-order valence-electron chi connectivity index (χ3n) is 5.59. The van der Waals surface area contributed by atoms with Gasteiger partial charge in [0.1, 0.15) is 5.75 Å². The summed E-state index contributed by atoms with van der Waals surface area (Å²) >= 11 is 0. The van der Waals surface area contributed by atoms with Crippen molar-refractivity contribution in [3.05, 3.63) is 63.7 Å². The number of aromatic hydroxyl groups is 1. The monoisotopic (exact) mass is 283 g/mol. The van der Waals surface area contributed by atoms with Crippen molar-refractivity contribution >= 4 is 32.3 Å². The molecule has 0 aliphatic heterocycles. The number of hydrogen-bond acceptors (Lipinski definition) is 1. The Morgan fingerprint density at radius 1 is 0.636 bits per heavy atom. The summed E-state index contributed by atoms with van der Waals surface area (Å²) in [7, 11) is 0. The van der Waals surface area contributed by atoms with Crippen molar-refractivity contribution < 1.29 is 9.22 Å². The van der Waals surface area contributed by atoms with Crippen molar-refractivity contribution in [2.24, 2.45) is 0 Å². The molecule has 3 aliphatic carbocycles. The van der Waals surface area contributed by atoms with Gasteiger partial charge in [-0.15, -0.1) is 0 Å². The largest absolute Gasteiger partial charge is 0.508 e. The van der Waals surface area contributed by atoms with E-state index in [-0.39, 0.29) is 5.75 Å². The summed E-state index contributed by atoms with van der Waals surface area (Å²) < 4.78 is 26.1. The van der Waals surface area contributed by atoms with Crippen molar-refractivity contribution in [2.75, 3.05) is 0 Å². The maximum absolute atomic E-state index is 10.6. The molecule has 1 N–H and O–H groups in total. The van der Waals surface area contributed by atoms with E-state index >= 15 is 0 Å². The zero-order valence-electron chi connectivity index (χ0n) is 14.6. The highest BCUT2D eigenvalue weighted by Gasteiger charge is 2.32. The molecular weight excluding hydrogens is 268 g/mol. The topological polar surface area (TPSA) is 20.2 Å². The Bertz CT molecular complexity index is 1320. The van der Waals surface area contributed by atoms with E-state index in [4.69, 9.17) is 4.11 Å². The fraction of sp³-hybridized carbons (Fsp3) is 0.143. The average molecular weight is 283 g/mol. The molecule has 0 saturated carbocycles. The molecule has 4 aromatic rings. The van der Waals surface area contributed by atoms with E-state index < -0.39 is 19.2 Å². The first-order valence-corrected chi connectivity index (χ1v) is 7.60. The van der Waals surface area contributed by atoms with Gasteiger partial charge >= 0.3 is 0 Å². The van der Waals surface area contributed by atoms with Crippen LogP contribution >= 0.6 is 0 Å². The van der Waals surface area contributed by atoms with E-state index in [1.54, 1.807) is 6.07 Å². The molecule has 0 bridgehead atoms. The maximum atomic E-state index is 10.6. The van der Waals surface area contributed by atoms with Crippen LogP contribution in [0.4, 0.5) is 0 Å². The van der Waals surface area contributed by atoms with Gasteiger partial charge in [0.05, 0.1) is 0 Å². The van der Waals surface area contributed by atoms with Gasteiger partial charge in [0.25, 0.3) is 0 Å². The quantitative estimate of drug-likeness (QED) is 0.469. The molecule has 4 aromatic carbocycles. The zero-order valence-corrected chi connectivity index (χ0v) is 11.6. The minimum absolute atomic E-state index is 0.132. The minimum Gasteiger partial charge on any atom is -0.508 e. The van der Waals surface area contributed by atoms with E-state index in [0.29, 0.717) is 5.56 Å². The molecule has 22 heavy (non-hydrogen) atoms. The lowest BCUT2D eigenvalue weighted by Crippen LogP contribution is -1.85. The van der Waals surface area contributed by atoms with Crippen LogP contribution in [-0.4, -0.2) is 5.11 Å². The van der Waals surface area contributed by atoms with Crippen LogP contribution in [0.2, 0.25) is 0 Å². The first-order valence-electron chi connectivity index (χ1n) is 9.34. The van der Waals surface area contributed by atoms with Crippen LogP contribution in [0.1, 0.15) is 37.5 Å². The molecular formula is C21H12O. The number of phenolic OH excluding ortho intramolecular Hbond substituents is 1. The Morgan fingerprint density at radius 2 is 1.09 bits per heavy atom.